The molecule has 3 fully saturated rings. The van der Waals surface area contributed by atoms with Crippen LogP contribution in [0.2, 0.25) is 0 Å². The fourth-order valence-electron chi connectivity index (χ4n) is 3.94. The molecule has 0 radical (unpaired) electrons. The van der Waals surface area contributed by atoms with E-state index in [9.17, 15) is 4.79 Å². The van der Waals surface area contributed by atoms with Crippen molar-refractivity contribution in [3.63, 3.8) is 0 Å². The number of amides is 1. The van der Waals surface area contributed by atoms with E-state index in [-0.39, 0.29) is 11.9 Å². The third kappa shape index (κ3) is 3.51. The van der Waals surface area contributed by atoms with Crippen LogP contribution < -0.4 is 4.90 Å². The Labute approximate surface area is 151 Å². The minimum absolute atomic E-state index is 0.276. The zero-order valence-electron chi connectivity index (χ0n) is 14.5. The van der Waals surface area contributed by atoms with Gasteiger partial charge in [0.15, 0.2) is 0 Å². The van der Waals surface area contributed by atoms with E-state index in [1.54, 1.807) is 23.7 Å². The Hall–Kier alpha value is -2.02. The van der Waals surface area contributed by atoms with Gasteiger partial charge in [-0.2, -0.15) is 0 Å². The number of rotatable bonds is 4. The Morgan fingerprint density at radius 3 is 2.80 bits per heavy atom. The van der Waals surface area contributed by atoms with E-state index in [1.807, 2.05) is 18.5 Å². The van der Waals surface area contributed by atoms with Gasteiger partial charge in [-0.3, -0.25) is 4.79 Å². The molecule has 132 valence electrons. The number of aryl methyl sites for hydroxylation is 2. The number of hydrogen-bond donors (Lipinski definition) is 0. The fourth-order valence-corrected chi connectivity index (χ4v) is 4.72. The molecule has 5 rings (SSSR count). The van der Waals surface area contributed by atoms with Crippen molar-refractivity contribution in [3.05, 3.63) is 34.5 Å². The normalized spacial score (nSPS) is 22.9. The zero-order valence-corrected chi connectivity index (χ0v) is 15.3. The molecule has 6 nitrogen and oxygen atoms in total. The summed E-state index contributed by atoms with van der Waals surface area (Å²) in [7, 11) is 0. The van der Waals surface area contributed by atoms with Crippen LogP contribution in [0.1, 0.15) is 29.8 Å². The van der Waals surface area contributed by atoms with Crippen LogP contribution in [0.15, 0.2) is 24.0 Å². The van der Waals surface area contributed by atoms with Crippen molar-refractivity contribution < 1.29 is 4.79 Å². The molecule has 0 spiro atoms. The quantitative estimate of drug-likeness (QED) is 0.840. The second-order valence-electron chi connectivity index (χ2n) is 6.96. The maximum Gasteiger partial charge on any atom is 0.225 e. The standard InChI is InChI=1S/C18H23N5OS/c1-13-16(25-12-21-13)5-6-17(24)23-10-14-3-4-15(23)11-22(9-14)18-19-7-2-8-20-18/h2,7-8,12,14-15H,3-6,9-11H2,1H3/t14-,15+/m0/s1. The lowest BCUT2D eigenvalue weighted by molar-refractivity contribution is -0.135. The molecule has 5 heterocycles. The van der Waals surface area contributed by atoms with Crippen molar-refractivity contribution >= 4 is 23.2 Å². The fraction of sp³-hybridized carbons (Fsp3) is 0.556. The van der Waals surface area contributed by atoms with Crippen LogP contribution in [-0.2, 0) is 11.2 Å². The van der Waals surface area contributed by atoms with Crippen LogP contribution in [0.5, 0.6) is 0 Å². The van der Waals surface area contributed by atoms with Gasteiger partial charge in [-0.15, -0.1) is 11.3 Å². The van der Waals surface area contributed by atoms with Crippen LogP contribution in [0.25, 0.3) is 0 Å². The smallest absolute Gasteiger partial charge is 0.225 e. The van der Waals surface area contributed by atoms with Crippen molar-refractivity contribution in [3.8, 4) is 0 Å². The maximum absolute atomic E-state index is 12.9. The van der Waals surface area contributed by atoms with Gasteiger partial charge < -0.3 is 9.80 Å². The highest BCUT2D eigenvalue weighted by Gasteiger charge is 2.37. The van der Waals surface area contributed by atoms with Gasteiger partial charge in [0, 0.05) is 49.4 Å². The lowest BCUT2D eigenvalue weighted by Crippen LogP contribution is -2.47. The number of fused-ring (bicyclic) bond motifs is 4. The monoisotopic (exact) mass is 357 g/mol. The average Bonchev–Trinajstić information content (AvgIpc) is 2.85. The number of carbonyl (C=O) groups excluding carboxylic acids is 1. The van der Waals surface area contributed by atoms with Crippen molar-refractivity contribution in [2.45, 2.75) is 38.6 Å². The van der Waals surface area contributed by atoms with Gasteiger partial charge in [-0.05, 0) is 38.2 Å². The summed E-state index contributed by atoms with van der Waals surface area (Å²) >= 11 is 1.65. The van der Waals surface area contributed by atoms with Gasteiger partial charge in [-0.1, -0.05) is 0 Å². The van der Waals surface area contributed by atoms with Gasteiger partial charge in [0.05, 0.1) is 11.2 Å². The molecule has 1 amide bonds. The third-order valence-corrected chi connectivity index (χ3v) is 6.27. The summed E-state index contributed by atoms with van der Waals surface area (Å²) in [6, 6.07) is 2.12. The first-order valence-corrected chi connectivity index (χ1v) is 9.79. The number of nitrogens with zero attached hydrogens (tertiary/aromatic N) is 5. The van der Waals surface area contributed by atoms with Gasteiger partial charge in [0.25, 0.3) is 0 Å². The van der Waals surface area contributed by atoms with Crippen LogP contribution in [0, 0.1) is 12.8 Å². The maximum atomic E-state index is 12.9. The Balaban J connectivity index is 1.43. The number of anilines is 1. The van der Waals surface area contributed by atoms with Crippen LogP contribution >= 0.6 is 11.3 Å². The first kappa shape index (κ1) is 16.4. The molecule has 0 aliphatic carbocycles. The molecule has 2 bridgehead atoms. The first-order chi connectivity index (χ1) is 12.2. The molecule has 7 heteroatoms. The van der Waals surface area contributed by atoms with Crippen LogP contribution in [0.4, 0.5) is 5.95 Å². The number of carbonyl (C=O) groups is 1. The Morgan fingerprint density at radius 1 is 1.20 bits per heavy atom. The summed E-state index contributed by atoms with van der Waals surface area (Å²) in [5.41, 5.74) is 2.92. The molecule has 2 atom stereocenters. The minimum atomic E-state index is 0.276. The molecular formula is C18H23N5OS. The summed E-state index contributed by atoms with van der Waals surface area (Å²) in [5.74, 6) is 1.57. The number of thiazole rings is 1. The third-order valence-electron chi connectivity index (χ3n) is 5.28. The molecule has 2 aromatic rings. The van der Waals surface area contributed by atoms with Gasteiger partial charge in [-0.25, -0.2) is 15.0 Å². The van der Waals surface area contributed by atoms with E-state index in [1.165, 1.54) is 11.3 Å². The number of aromatic nitrogens is 3. The highest BCUT2D eigenvalue weighted by atomic mass is 32.1. The van der Waals surface area contributed by atoms with Crippen molar-refractivity contribution in [2.75, 3.05) is 24.5 Å². The van der Waals surface area contributed by atoms with Crippen LogP contribution in [-0.4, -0.2) is 51.4 Å². The van der Waals surface area contributed by atoms with E-state index in [0.29, 0.717) is 12.3 Å². The number of piperidine rings is 1. The van der Waals surface area contributed by atoms with Crippen LogP contribution in [0.3, 0.4) is 0 Å². The van der Waals surface area contributed by atoms with Crippen molar-refractivity contribution in [2.24, 2.45) is 5.92 Å². The predicted molar refractivity (Wildman–Crippen MR) is 97.6 cm³/mol. The molecular weight excluding hydrogens is 334 g/mol. The second kappa shape index (κ2) is 7.07. The molecule has 0 unspecified atom stereocenters. The molecule has 25 heavy (non-hydrogen) atoms. The van der Waals surface area contributed by atoms with Gasteiger partial charge >= 0.3 is 0 Å². The second-order valence-corrected chi connectivity index (χ2v) is 7.90. The van der Waals surface area contributed by atoms with E-state index >= 15 is 0 Å². The molecule has 3 aliphatic heterocycles. The molecule has 3 saturated heterocycles. The Bertz CT molecular complexity index is 734. The Morgan fingerprint density at radius 2 is 2.04 bits per heavy atom. The highest BCUT2D eigenvalue weighted by Crippen LogP contribution is 2.30. The molecule has 3 aliphatic rings. The molecule has 0 N–H and O–H groups in total. The summed E-state index contributed by atoms with van der Waals surface area (Å²) in [6.45, 7) is 4.67. The molecule has 0 aromatic carbocycles. The predicted octanol–water partition coefficient (Wildman–Crippen LogP) is 2.30. The molecule has 0 saturated carbocycles. The average molecular weight is 357 g/mol. The zero-order chi connectivity index (χ0) is 17.2. The summed E-state index contributed by atoms with van der Waals surface area (Å²) < 4.78 is 0. The first-order valence-electron chi connectivity index (χ1n) is 8.91. The summed E-state index contributed by atoms with van der Waals surface area (Å²) in [4.78, 5) is 31.5. The SMILES string of the molecule is Cc1ncsc1CCC(=O)N1C[C@H]2CC[C@@H]1CN(c1ncccn1)C2. The lowest BCUT2D eigenvalue weighted by atomic mass is 9.94. The topological polar surface area (TPSA) is 62.2 Å². The molecule has 2 aromatic heterocycles. The summed E-state index contributed by atoms with van der Waals surface area (Å²) in [6.07, 6.45) is 7.22. The van der Waals surface area contributed by atoms with Crippen molar-refractivity contribution in [1.82, 2.24) is 19.9 Å². The highest BCUT2D eigenvalue weighted by molar-refractivity contribution is 7.09. The van der Waals surface area contributed by atoms with E-state index in [0.717, 1.165) is 44.1 Å². The number of hydrogen-bond acceptors (Lipinski definition) is 6. The van der Waals surface area contributed by atoms with Gasteiger partial charge in [0.1, 0.15) is 0 Å². The minimum Gasteiger partial charge on any atom is -0.338 e. The lowest BCUT2D eigenvalue weighted by Gasteiger charge is -2.36. The summed E-state index contributed by atoms with van der Waals surface area (Å²) in [5, 5.41) is 0. The Kier molecular flexibility index (Phi) is 4.65. The van der Waals surface area contributed by atoms with E-state index < -0.39 is 0 Å². The largest absolute Gasteiger partial charge is 0.338 e. The van der Waals surface area contributed by atoms with Gasteiger partial charge in [0.2, 0.25) is 11.9 Å². The van der Waals surface area contributed by atoms with Crippen molar-refractivity contribution in [1.29, 1.82) is 0 Å². The van der Waals surface area contributed by atoms with E-state index in [4.69, 9.17) is 0 Å². The van der Waals surface area contributed by atoms with E-state index in [2.05, 4.69) is 24.8 Å².